The molecule has 130 heavy (non-hydrogen) atoms. The van der Waals surface area contributed by atoms with E-state index in [2.05, 4.69) is 73.8 Å². The summed E-state index contributed by atoms with van der Waals surface area (Å²) in [6.45, 7) is 9.17. The summed E-state index contributed by atoms with van der Waals surface area (Å²) in [7, 11) is 0. The van der Waals surface area contributed by atoms with Gasteiger partial charge >= 0.3 is 19.6 Å². The van der Waals surface area contributed by atoms with Gasteiger partial charge in [-0.1, -0.05) is 61.5 Å². The molecule has 8 rings (SSSR count). The number of aromatic amines is 1. The van der Waals surface area contributed by atoms with E-state index < -0.39 is 110 Å². The van der Waals surface area contributed by atoms with E-state index in [1.807, 2.05) is 0 Å². The number of aromatic nitrogens is 6. The Hall–Kier alpha value is -7.56. The number of hydrogen-bond acceptors (Lipinski definition) is 37. The maximum absolute atomic E-state index is 14.0. The number of amides is 5. The molecule has 5 amide bonds. The highest BCUT2D eigenvalue weighted by atomic mass is 32.7. The van der Waals surface area contributed by atoms with E-state index in [0.29, 0.717) is 227 Å². The van der Waals surface area contributed by atoms with Crippen LogP contribution in [0.4, 0.5) is 16.4 Å². The average Bonchev–Trinajstić information content (AvgIpc) is 1.60. The van der Waals surface area contributed by atoms with Crippen LogP contribution in [0, 0.1) is 11.8 Å². The second-order valence-electron chi connectivity index (χ2n) is 29.1. The Bertz CT molecular complexity index is 4300. The first-order valence-electron chi connectivity index (χ1n) is 42.7. The van der Waals surface area contributed by atoms with Crippen molar-refractivity contribution in [2.45, 2.75) is 102 Å². The number of hydrogen-bond donors (Lipinski definition) is 9. The maximum atomic E-state index is 14.0. The van der Waals surface area contributed by atoms with E-state index in [9.17, 15) is 43.3 Å². The molecule has 50 heteroatoms. The third kappa shape index (κ3) is 42.8. The van der Waals surface area contributed by atoms with Gasteiger partial charge in [-0.25, -0.2) is 24.3 Å². The summed E-state index contributed by atoms with van der Waals surface area (Å²) in [4.78, 5) is 113. The van der Waals surface area contributed by atoms with Crippen molar-refractivity contribution in [1.29, 1.82) is 0 Å². The molecular formula is C80H122N14O32P2S2. The molecule has 5 heterocycles. The van der Waals surface area contributed by atoms with Crippen LogP contribution >= 0.6 is 25.8 Å². The van der Waals surface area contributed by atoms with Crippen LogP contribution in [0.5, 0.6) is 5.88 Å². The number of azide groups is 1. The Labute approximate surface area is 762 Å². The van der Waals surface area contributed by atoms with E-state index in [1.54, 1.807) is 62.4 Å². The van der Waals surface area contributed by atoms with Crippen LogP contribution in [0.25, 0.3) is 21.6 Å². The Morgan fingerprint density at radius 1 is 0.646 bits per heavy atom. The molecule has 46 nitrogen and oxygen atoms in total. The predicted molar refractivity (Wildman–Crippen MR) is 469 cm³/mol. The number of H-pyrrole nitrogens is 1. The minimum Gasteiger partial charge on any atom is -0.474 e. The van der Waals surface area contributed by atoms with Gasteiger partial charge in [-0.2, -0.15) is 4.98 Å². The number of aliphatic hydroxyl groups is 1. The van der Waals surface area contributed by atoms with Gasteiger partial charge in [0, 0.05) is 60.3 Å². The first-order chi connectivity index (χ1) is 63.1. The number of anilines is 2. The van der Waals surface area contributed by atoms with Crippen molar-refractivity contribution >= 4 is 90.1 Å². The lowest BCUT2D eigenvalue weighted by molar-refractivity contribution is -0.132. The topological polar surface area (TPSA) is 553 Å². The molecule has 8 N–H and O–H groups in total. The van der Waals surface area contributed by atoms with Gasteiger partial charge < -0.3 is 135 Å². The van der Waals surface area contributed by atoms with Gasteiger partial charge in [0.05, 0.1) is 237 Å². The van der Waals surface area contributed by atoms with Crippen LogP contribution < -0.4 is 36.9 Å². The van der Waals surface area contributed by atoms with Crippen LogP contribution in [-0.2, 0) is 147 Å². The van der Waals surface area contributed by atoms with E-state index in [0.717, 1.165) is 0 Å². The number of nitrogens with one attached hydrogen (secondary N) is 6. The largest absolute Gasteiger partial charge is 0.474 e. The highest BCUT2D eigenvalue weighted by Gasteiger charge is 2.51. The number of alkyl carbamates (subject to hydrolysis) is 1. The Kier molecular flexibility index (Phi) is 52.1. The summed E-state index contributed by atoms with van der Waals surface area (Å²) < 4.78 is 144. The van der Waals surface area contributed by atoms with Gasteiger partial charge in [0.15, 0.2) is 17.4 Å². The lowest BCUT2D eigenvalue weighted by Crippen LogP contribution is -2.53. The van der Waals surface area contributed by atoms with Crippen LogP contribution in [-0.4, -0.2) is 350 Å². The Morgan fingerprint density at radius 3 is 1.68 bits per heavy atom. The van der Waals surface area contributed by atoms with Crippen LogP contribution in [0.2, 0.25) is 0 Å². The molecule has 2 saturated heterocycles. The fourth-order valence-corrected chi connectivity index (χ4v) is 15.5. The highest BCUT2D eigenvalue weighted by Crippen LogP contribution is 2.59. The fourth-order valence-electron chi connectivity index (χ4n) is 12.5. The van der Waals surface area contributed by atoms with E-state index in [-0.39, 0.29) is 87.4 Å². The standard InChI is InChI=1S/C80H122N14O32P2S2/c1-57(2)69(89-67(95)14-18-104-20-22-106-24-26-108-28-30-110-32-34-112-36-38-114-40-42-116-44-46-118-48-49-119-47-45-117-43-41-115-39-37-113-35-33-111-31-29-109-27-25-107-23-21-105-19-17-86-93-81)76(99)87-58(3)74(97)88-62-10-8-59(9-11-62)52-120-80(101)83-16-12-60-6-4-5-7-64(60)75(98)91-79-90-73-70(77(100)92-79)85-56-94(73)78-72-71(96)66(124-78)54-122-127(102,129)125-65-51-63(123-68-13-15-82-55-84-68)50-61(65)53-121-128(103,130)126-72/h4-11,13,15,55-58,61,63,65-66,69,71-72,78,96H,12,14,16-54H2,1-3H3,(H,83,101)(H,87,99)(H,88,97)(H,89,95)(H,102,129)(H,103,130)(H2,90,91,92,98,100)/t58-,61+,63+,65-,66+,69-,71+,72+,78+,127?,128?/m0/s1. The molecule has 2 aliphatic heterocycles. The van der Waals surface area contributed by atoms with Gasteiger partial charge in [0.2, 0.25) is 29.5 Å². The van der Waals surface area contributed by atoms with Gasteiger partial charge in [0.25, 0.3) is 11.5 Å². The fraction of sp³-hybridized carbons (Fsp3) is 0.675. The first-order valence-corrected chi connectivity index (χ1v) is 48.0. The zero-order valence-electron chi connectivity index (χ0n) is 73.2. The van der Waals surface area contributed by atoms with Crippen molar-refractivity contribution in [2.75, 3.05) is 248 Å². The van der Waals surface area contributed by atoms with E-state index >= 15 is 0 Å². The lowest BCUT2D eigenvalue weighted by atomic mass is 10.0. The van der Waals surface area contributed by atoms with Gasteiger partial charge in [0.1, 0.15) is 49.4 Å². The van der Waals surface area contributed by atoms with Gasteiger partial charge in [-0.05, 0) is 72.3 Å². The van der Waals surface area contributed by atoms with Crippen molar-refractivity contribution < 1.29 is 147 Å². The van der Waals surface area contributed by atoms with Crippen molar-refractivity contribution in [3.63, 3.8) is 0 Å². The van der Waals surface area contributed by atoms with Crippen molar-refractivity contribution in [3.05, 3.63) is 111 Å². The van der Waals surface area contributed by atoms with Crippen LogP contribution in [0.15, 0.2) is 83.4 Å². The van der Waals surface area contributed by atoms with Gasteiger partial charge in [-0.3, -0.25) is 43.4 Å². The number of aliphatic hydroxyl groups excluding tert-OH is 1. The van der Waals surface area contributed by atoms with Crippen LogP contribution in [0.3, 0.4) is 0 Å². The number of fused-ring (bicyclic) bond motifs is 4. The number of thiol groups is 1. The zero-order chi connectivity index (χ0) is 92.7. The Balaban J connectivity index is 0.577. The first kappa shape index (κ1) is 108. The monoisotopic (exact) mass is 1920 g/mol. The van der Waals surface area contributed by atoms with Crippen molar-refractivity contribution in [2.24, 2.45) is 17.0 Å². The number of rotatable bonds is 67. The molecule has 2 bridgehead atoms. The Morgan fingerprint density at radius 2 is 1.17 bits per heavy atom. The minimum atomic E-state index is -4.37. The number of ether oxygens (including phenoxy) is 19. The van der Waals surface area contributed by atoms with Crippen molar-refractivity contribution in [3.8, 4) is 5.88 Å². The zero-order valence-corrected chi connectivity index (χ0v) is 76.7. The average molecular weight is 1920 g/mol. The van der Waals surface area contributed by atoms with E-state index in [4.69, 9.17) is 125 Å². The molecule has 0 radical (unpaired) electrons. The summed E-state index contributed by atoms with van der Waals surface area (Å²) in [5.41, 5.74) is 8.67. The molecule has 3 fully saturated rings. The molecule has 2 unspecified atom stereocenters. The summed E-state index contributed by atoms with van der Waals surface area (Å²) in [5.74, 6) is -3.09. The van der Waals surface area contributed by atoms with Crippen molar-refractivity contribution in [1.82, 2.24) is 45.4 Å². The number of carbonyl (C=O) groups is 5. The molecule has 5 aromatic rings. The summed E-state index contributed by atoms with van der Waals surface area (Å²) in [6.07, 6.45) is -3.32. The number of benzene rings is 2. The number of nitrogens with zero attached hydrogens (tertiary/aromatic N) is 8. The minimum absolute atomic E-state index is 0.0167. The highest BCUT2D eigenvalue weighted by molar-refractivity contribution is 8.44. The normalized spacial score (nSPS) is 20.3. The van der Waals surface area contributed by atoms with Crippen LogP contribution in [0.1, 0.15) is 67.7 Å². The predicted octanol–water partition coefficient (Wildman–Crippen LogP) is 4.37. The smallest absolute Gasteiger partial charge is 0.407 e. The SMILES string of the molecule is CC(C)[C@H](NC(=O)CCOCCOCCOCCOCCOCCOCCOCCOCCOCCOCCOCCOCCOCCOCCOCCOCCN=[N+]=[N-])C(=O)N[C@@H](C)C(=O)Nc1ccc(COC(=O)NCCc2ccccc2C(=O)Nc2nc3c(ncn3[C@@H]3O[C@@H]4COP(O)(=S)O[C@H]5C[C@H](Oc6ccncn6)C[C@@H]5COP(=O)(S)O[C@@H]3[C@@H]4O)c(=O)[nH]2)cc1. The molecule has 726 valence electrons. The molecule has 11 atom stereocenters. The molecule has 3 aliphatic rings. The molecule has 2 aromatic carbocycles. The lowest BCUT2D eigenvalue weighted by Gasteiger charge is -2.27. The summed E-state index contributed by atoms with van der Waals surface area (Å²) in [6, 6.07) is 12.6. The molecule has 0 spiro atoms. The molecule has 1 aliphatic carbocycles. The van der Waals surface area contributed by atoms with Gasteiger partial charge in [-0.15, -0.1) is 0 Å². The molecule has 3 aromatic heterocycles. The summed E-state index contributed by atoms with van der Waals surface area (Å²) in [5, 5.41) is 28.4. The third-order valence-electron chi connectivity index (χ3n) is 19.0. The molecular weight excluding hydrogens is 1800 g/mol. The second-order valence-corrected chi connectivity index (χ2v) is 34.8. The number of imidazole rings is 1. The van der Waals surface area contributed by atoms with E-state index in [1.165, 1.54) is 36.4 Å². The molecule has 1 saturated carbocycles. The maximum Gasteiger partial charge on any atom is 0.407 e. The quantitative estimate of drug-likeness (QED) is 0.00651. The third-order valence-corrected chi connectivity index (χ3v) is 22.2. The second kappa shape index (κ2) is 62.8. The summed E-state index contributed by atoms with van der Waals surface area (Å²) >= 11 is 9.63. The number of carbonyl (C=O) groups excluding carboxylic acids is 5.